The van der Waals surface area contributed by atoms with Gasteiger partial charge in [0.05, 0.1) is 69.0 Å². The van der Waals surface area contributed by atoms with Crippen LogP contribution in [0, 0.1) is 19.7 Å². The third-order valence-electron chi connectivity index (χ3n) is 18.4. The zero-order valence-corrected chi connectivity index (χ0v) is 76.5. The smallest absolute Gasteiger partial charge is 0.394 e. The van der Waals surface area contributed by atoms with Crippen molar-refractivity contribution in [3.05, 3.63) is 367 Å². The molecule has 0 bridgehead atoms. The van der Waals surface area contributed by atoms with Crippen molar-refractivity contribution >= 4 is 214 Å². The molecule has 11 N–H and O–H groups in total. The molecular weight excluding hydrogens is 1900 g/mol. The van der Waals surface area contributed by atoms with E-state index in [2.05, 4.69) is 36.6 Å². The topological polar surface area (TPSA) is 370 Å². The van der Waals surface area contributed by atoms with Crippen molar-refractivity contribution in [3.8, 4) is 58.0 Å². The second-order valence-electron chi connectivity index (χ2n) is 28.0. The zero-order valence-electron chi connectivity index (χ0n) is 68.7. The number of thiophene rings is 5. The Balaban J connectivity index is 0.000000159. The third kappa shape index (κ3) is 26.2. The van der Waals surface area contributed by atoms with Crippen LogP contribution in [-0.2, 0) is 4.79 Å². The second kappa shape index (κ2) is 45.0. The third-order valence-corrected chi connectivity index (χ3v) is 24.9. The number of alkyl halides is 2. The summed E-state index contributed by atoms with van der Waals surface area (Å²) in [5, 5.41) is 74.0. The molecule has 6 amide bonds. The molecular formula is C96H68Cl5F3N6O17S5. The largest absolute Gasteiger partial charge is 0.478 e. The highest BCUT2D eigenvalue weighted by Crippen LogP contribution is 2.43. The molecule has 0 radical (unpaired) electrons. The number of hydrogen-bond acceptors (Lipinski definition) is 17. The van der Waals surface area contributed by atoms with E-state index >= 15 is 0 Å². The molecule has 0 saturated carbocycles. The number of carbonyl (C=O) groups is 11. The lowest BCUT2D eigenvalue weighted by molar-refractivity contribution is -0.159. The molecule has 0 aliphatic rings. The molecule has 36 heteroatoms. The van der Waals surface area contributed by atoms with Crippen LogP contribution in [0.5, 0.6) is 5.75 Å². The van der Waals surface area contributed by atoms with Crippen LogP contribution >= 0.6 is 115 Å². The highest BCUT2D eigenvalue weighted by molar-refractivity contribution is 7.16. The predicted molar refractivity (Wildman–Crippen MR) is 516 cm³/mol. The van der Waals surface area contributed by atoms with Crippen molar-refractivity contribution in [2.24, 2.45) is 0 Å². The summed E-state index contributed by atoms with van der Waals surface area (Å²) < 4.78 is 44.2. The van der Waals surface area contributed by atoms with E-state index in [9.17, 15) is 91.4 Å². The molecule has 0 saturated heterocycles. The van der Waals surface area contributed by atoms with Gasteiger partial charge in [0.15, 0.2) is 0 Å². The molecule has 15 aromatic rings. The average Bonchev–Trinajstić information content (AvgIpc) is 1.67. The Morgan fingerprint density at radius 2 is 0.644 bits per heavy atom. The predicted octanol–water partition coefficient (Wildman–Crippen LogP) is 26.8. The molecule has 23 nitrogen and oxygen atoms in total. The summed E-state index contributed by atoms with van der Waals surface area (Å²) in [6.07, 6.45) is -3.40. The fraction of sp³-hybridized carbons (Fsp3) is 0.0521. The number of carbonyl (C=O) groups excluding carboxylic acids is 6. The first-order valence-electron chi connectivity index (χ1n) is 38.4. The first kappa shape index (κ1) is 98.5. The summed E-state index contributed by atoms with van der Waals surface area (Å²) in [5.74, 6) is -9.40. The molecule has 670 valence electrons. The van der Waals surface area contributed by atoms with Crippen molar-refractivity contribution in [1.29, 1.82) is 0 Å². The molecule has 132 heavy (non-hydrogen) atoms. The SMILES string of the molecule is CC(=O)Nc1ccc(C(=O)Nc2csc(-c3ccc(Cl)cc3)c2C(=O)O)cc1.CC(F)(F)Oc1cccc(C(=O)Nc2csc(-c3ccc(Cl)cc3)c2C(=O)O)c1.Cc1ccc(-c2scc(NC(=O)c3ccccc3Cl)c2C(=O)O)cc1.Cc1ccc(C(=O)Nc2csc(-c3cccc(Cl)c3)c2C(=O)O)cc1.O=C(Nc1csc(-c2ccc(Cl)cc2)c1C(=O)O)c1ccccc1F. The van der Waals surface area contributed by atoms with Crippen molar-refractivity contribution < 1.29 is 96.2 Å². The van der Waals surface area contributed by atoms with Gasteiger partial charge in [-0.1, -0.05) is 184 Å². The number of aryl methyl sites for hydroxylation is 2. The highest BCUT2D eigenvalue weighted by Gasteiger charge is 2.30. The van der Waals surface area contributed by atoms with Crippen LogP contribution in [0.3, 0.4) is 0 Å². The molecule has 0 atom stereocenters. The van der Waals surface area contributed by atoms with Crippen LogP contribution < -0.4 is 36.6 Å². The van der Waals surface area contributed by atoms with Gasteiger partial charge in [0, 0.05) is 83.2 Å². The Hall–Kier alpha value is -14.1. The Morgan fingerprint density at radius 3 is 1.00 bits per heavy atom. The van der Waals surface area contributed by atoms with Gasteiger partial charge < -0.3 is 62.2 Å². The van der Waals surface area contributed by atoms with Crippen LogP contribution in [-0.4, -0.2) is 96.9 Å². The Morgan fingerprint density at radius 1 is 0.326 bits per heavy atom. The van der Waals surface area contributed by atoms with E-state index in [4.69, 9.17) is 58.0 Å². The summed E-state index contributed by atoms with van der Waals surface area (Å²) in [6, 6.07) is 65.4. The Kier molecular flexibility index (Phi) is 33.6. The second-order valence-corrected chi connectivity index (χ2v) is 34.5. The molecule has 0 fully saturated rings. The average molecular weight is 1970 g/mol. The van der Waals surface area contributed by atoms with E-state index in [1.54, 1.807) is 174 Å². The number of carboxylic acid groups (broad SMARTS) is 5. The first-order valence-corrected chi connectivity index (χ1v) is 44.7. The number of rotatable bonds is 23. The molecule has 0 spiro atoms. The monoisotopic (exact) mass is 1970 g/mol. The minimum atomic E-state index is -3.40. The number of aromatic carboxylic acids is 5. The van der Waals surface area contributed by atoms with Gasteiger partial charge >= 0.3 is 36.0 Å². The maximum atomic E-state index is 13.7. The molecule has 10 aromatic carbocycles. The lowest BCUT2D eigenvalue weighted by atomic mass is 10.1. The van der Waals surface area contributed by atoms with Crippen molar-refractivity contribution in [3.63, 3.8) is 0 Å². The summed E-state index contributed by atoms with van der Waals surface area (Å²) in [4.78, 5) is 135. The summed E-state index contributed by atoms with van der Waals surface area (Å²) in [7, 11) is 0. The van der Waals surface area contributed by atoms with Gasteiger partial charge in [0.25, 0.3) is 29.5 Å². The van der Waals surface area contributed by atoms with Crippen LogP contribution in [0.1, 0.15) is 129 Å². The number of carboxylic acids is 5. The van der Waals surface area contributed by atoms with Crippen LogP contribution in [0.15, 0.2) is 270 Å². The quantitative estimate of drug-likeness (QED) is 0.0283. The molecule has 15 rings (SSSR count). The van der Waals surface area contributed by atoms with E-state index in [0.717, 1.165) is 34.1 Å². The van der Waals surface area contributed by atoms with Crippen LogP contribution in [0.25, 0.3) is 52.2 Å². The number of anilines is 6. The standard InChI is InChI=1S/C20H14ClF2NO4S.C20H15ClN2O4S.2C19H14ClNO3S.C18H11ClFNO3S/c1-20(22,23)28-14-4-2-3-12(9-14)18(25)24-15-10-29-17(16(15)19(26)27)11-5-7-13(21)8-6-11;1-11(24)22-15-8-4-13(5-9-15)19(25)23-16-10-28-18(17(16)20(26)27)12-2-6-14(21)7-3-12;1-11-5-7-12(8-6-11)18(22)21-15-10-25-17(16(15)19(23)24)13-3-2-4-14(20)9-13;1-11-6-8-12(9-7-11)17-16(19(23)24)15(10-25-17)21-18(22)13-4-2-3-5-14(13)20;19-11-7-5-10(6-8-11)16-15(18(23)24)14(9-25-16)21-17(22)12-3-1-2-4-13(12)20/h2-10H,1H3,(H,24,25)(H,26,27);2-10H,1H3,(H,22,24)(H,23,25)(H,26,27);2*2-10H,1H3,(H,21,22)(H,23,24);1-9H,(H,21,22)(H,23,24). The zero-order chi connectivity index (χ0) is 95.4. The van der Waals surface area contributed by atoms with Crippen molar-refractivity contribution in [1.82, 2.24) is 0 Å². The normalized spacial score (nSPS) is 10.6. The van der Waals surface area contributed by atoms with Crippen molar-refractivity contribution in [2.45, 2.75) is 33.8 Å². The number of nitrogens with one attached hydrogen (secondary N) is 6. The fourth-order valence-corrected chi connectivity index (χ4v) is 18.1. The van der Waals surface area contributed by atoms with Crippen LogP contribution in [0.4, 0.5) is 47.3 Å². The van der Waals surface area contributed by atoms with E-state index in [1.807, 2.05) is 50.2 Å². The molecule has 5 aromatic heterocycles. The van der Waals surface area contributed by atoms with Gasteiger partial charge in [-0.2, -0.15) is 8.78 Å². The van der Waals surface area contributed by atoms with Gasteiger partial charge in [-0.3, -0.25) is 28.8 Å². The minimum absolute atomic E-state index is 0.0236. The number of halogens is 8. The van der Waals surface area contributed by atoms with Gasteiger partial charge in [0.1, 0.15) is 39.4 Å². The van der Waals surface area contributed by atoms with Crippen LogP contribution in [0.2, 0.25) is 25.1 Å². The molecule has 0 unspecified atom stereocenters. The number of benzene rings is 10. The van der Waals surface area contributed by atoms with E-state index in [1.165, 1.54) is 105 Å². The first-order chi connectivity index (χ1) is 62.9. The molecule has 0 aliphatic heterocycles. The number of amides is 6. The van der Waals surface area contributed by atoms with Gasteiger partial charge in [-0.15, -0.1) is 56.7 Å². The van der Waals surface area contributed by atoms with Gasteiger partial charge in [0.2, 0.25) is 5.91 Å². The molecule has 5 heterocycles. The number of ether oxygens (including phenoxy) is 1. The maximum Gasteiger partial charge on any atom is 0.394 e. The van der Waals surface area contributed by atoms with E-state index in [0.29, 0.717) is 101 Å². The fourth-order valence-electron chi connectivity index (χ4n) is 12.3. The number of hydrogen-bond donors (Lipinski definition) is 11. The van der Waals surface area contributed by atoms with E-state index in [-0.39, 0.29) is 84.9 Å². The highest BCUT2D eigenvalue weighted by atomic mass is 35.5. The Bertz CT molecular complexity index is 6690. The maximum absolute atomic E-state index is 13.7. The lowest BCUT2D eigenvalue weighted by Gasteiger charge is -2.13. The Labute approximate surface area is 794 Å². The van der Waals surface area contributed by atoms with Gasteiger partial charge in [-0.05, 0) is 169 Å². The van der Waals surface area contributed by atoms with Crippen molar-refractivity contribution in [2.75, 3.05) is 31.9 Å². The summed E-state index contributed by atoms with van der Waals surface area (Å²) in [5.41, 5.74) is 8.22. The minimum Gasteiger partial charge on any atom is -0.478 e. The van der Waals surface area contributed by atoms with E-state index < -0.39 is 65.4 Å². The molecule has 0 aliphatic carbocycles. The van der Waals surface area contributed by atoms with Gasteiger partial charge in [-0.25, -0.2) is 28.4 Å². The lowest BCUT2D eigenvalue weighted by Crippen LogP contribution is -2.19. The summed E-state index contributed by atoms with van der Waals surface area (Å²) >= 11 is 35.7. The summed E-state index contributed by atoms with van der Waals surface area (Å²) in [6.45, 7) is 5.87.